The maximum absolute atomic E-state index is 13.0. The molecule has 0 aliphatic heterocycles. The van der Waals surface area contributed by atoms with E-state index in [4.69, 9.17) is 9.47 Å². The first kappa shape index (κ1) is 19.4. The molecule has 0 fully saturated rings. The predicted molar refractivity (Wildman–Crippen MR) is 93.3 cm³/mol. The Kier molecular flexibility index (Phi) is 5.92. The van der Waals surface area contributed by atoms with E-state index in [0.717, 1.165) is 6.07 Å². The van der Waals surface area contributed by atoms with Gasteiger partial charge in [-0.1, -0.05) is 12.1 Å². The summed E-state index contributed by atoms with van der Waals surface area (Å²) in [6, 6.07) is 9.88. The number of hydrogen-bond donors (Lipinski definition) is 1. The molecule has 7 heteroatoms. The number of amides is 1. The van der Waals surface area contributed by atoms with Crippen molar-refractivity contribution in [2.75, 3.05) is 19.5 Å². The highest BCUT2D eigenvalue weighted by molar-refractivity contribution is 6.04. The van der Waals surface area contributed by atoms with E-state index in [-0.39, 0.29) is 5.69 Å². The molecule has 2 rings (SSSR count). The lowest BCUT2D eigenvalue weighted by Gasteiger charge is -2.13. The number of rotatable bonds is 5. The van der Waals surface area contributed by atoms with Crippen molar-refractivity contribution >= 4 is 17.2 Å². The molecule has 2 aromatic rings. The summed E-state index contributed by atoms with van der Waals surface area (Å²) in [6.45, 7) is 1.67. The highest BCUT2D eigenvalue weighted by Gasteiger charge is 2.33. The van der Waals surface area contributed by atoms with Gasteiger partial charge in [0.25, 0.3) is 0 Å². The molecule has 26 heavy (non-hydrogen) atoms. The van der Waals surface area contributed by atoms with Crippen LogP contribution in [0.1, 0.15) is 18.1 Å². The second-order valence-corrected chi connectivity index (χ2v) is 5.43. The minimum absolute atomic E-state index is 0.296. The number of hydrogen-bond acceptors (Lipinski definition) is 3. The first-order chi connectivity index (χ1) is 12.3. The van der Waals surface area contributed by atoms with E-state index >= 15 is 0 Å². The number of alkyl halides is 3. The molecule has 0 saturated carbocycles. The van der Waals surface area contributed by atoms with E-state index in [0.29, 0.717) is 22.6 Å². The molecule has 1 N–H and O–H groups in total. The second-order valence-electron chi connectivity index (χ2n) is 5.43. The molecule has 1 amide bonds. The highest BCUT2D eigenvalue weighted by atomic mass is 19.4. The average Bonchev–Trinajstić information content (AvgIpc) is 2.60. The van der Waals surface area contributed by atoms with Gasteiger partial charge in [-0.05, 0) is 36.8 Å². The van der Waals surface area contributed by atoms with Crippen LogP contribution in [0.15, 0.2) is 48.5 Å². The summed E-state index contributed by atoms with van der Waals surface area (Å²) in [7, 11) is 2.99. The SMILES string of the molecule is COc1ccc(/C(C)=C/C(=O)Nc2ccccc2C(F)(F)F)c(OC)c1. The molecule has 0 heterocycles. The summed E-state index contributed by atoms with van der Waals surface area (Å²) < 4.78 is 49.4. The molecule has 0 unspecified atom stereocenters. The summed E-state index contributed by atoms with van der Waals surface area (Å²) >= 11 is 0. The van der Waals surface area contributed by atoms with Crippen molar-refractivity contribution in [2.24, 2.45) is 0 Å². The zero-order valence-corrected chi connectivity index (χ0v) is 14.5. The van der Waals surface area contributed by atoms with Crippen molar-refractivity contribution in [1.29, 1.82) is 0 Å². The van der Waals surface area contributed by atoms with Gasteiger partial charge in [0.2, 0.25) is 5.91 Å². The zero-order chi connectivity index (χ0) is 19.3. The molecule has 0 atom stereocenters. The molecular formula is C19H18F3NO3. The normalized spacial score (nSPS) is 11.8. The van der Waals surface area contributed by atoms with E-state index in [1.54, 1.807) is 25.1 Å². The molecule has 138 valence electrons. The summed E-state index contributed by atoms with van der Waals surface area (Å²) in [5, 5.41) is 2.28. The standard InChI is InChI=1S/C19H18F3NO3/c1-12(14-9-8-13(25-2)11-17(14)26-3)10-18(24)23-16-7-5-4-6-15(16)19(20,21)22/h4-11H,1-3H3,(H,23,24)/b12-10+. The van der Waals surface area contributed by atoms with Gasteiger partial charge in [0.05, 0.1) is 25.5 Å². The number of carbonyl (C=O) groups excluding carboxylic acids is 1. The van der Waals surface area contributed by atoms with Gasteiger partial charge < -0.3 is 14.8 Å². The Balaban J connectivity index is 2.27. The number of para-hydroxylation sites is 1. The van der Waals surface area contributed by atoms with Crippen LogP contribution in [-0.2, 0) is 11.0 Å². The Labute approximate surface area is 149 Å². The second kappa shape index (κ2) is 7.95. The molecule has 0 aliphatic rings. The molecule has 0 radical (unpaired) electrons. The first-order valence-corrected chi connectivity index (χ1v) is 7.64. The fraction of sp³-hybridized carbons (Fsp3) is 0.211. The van der Waals surface area contributed by atoms with E-state index in [1.165, 1.54) is 38.5 Å². The number of nitrogens with one attached hydrogen (secondary N) is 1. The summed E-state index contributed by atoms with van der Waals surface area (Å²) in [4.78, 5) is 12.2. The van der Waals surface area contributed by atoms with Gasteiger partial charge in [0, 0.05) is 17.7 Å². The molecule has 4 nitrogen and oxygen atoms in total. The van der Waals surface area contributed by atoms with Gasteiger partial charge in [-0.15, -0.1) is 0 Å². The van der Waals surface area contributed by atoms with E-state index < -0.39 is 17.6 Å². The van der Waals surface area contributed by atoms with Gasteiger partial charge in [-0.25, -0.2) is 0 Å². The number of anilines is 1. The number of halogens is 3. The molecule has 0 bridgehead atoms. The lowest BCUT2D eigenvalue weighted by Crippen LogP contribution is -2.14. The third-order valence-corrected chi connectivity index (χ3v) is 3.67. The molecule has 0 spiro atoms. The van der Waals surface area contributed by atoms with Crippen LogP contribution in [0.4, 0.5) is 18.9 Å². The van der Waals surface area contributed by atoms with Crippen LogP contribution < -0.4 is 14.8 Å². The van der Waals surface area contributed by atoms with Gasteiger partial charge in [0.15, 0.2) is 0 Å². The monoisotopic (exact) mass is 365 g/mol. The zero-order valence-electron chi connectivity index (χ0n) is 14.5. The quantitative estimate of drug-likeness (QED) is 0.777. The predicted octanol–water partition coefficient (Wildman–Crippen LogP) is 4.76. The van der Waals surface area contributed by atoms with Crippen molar-refractivity contribution in [1.82, 2.24) is 0 Å². The van der Waals surface area contributed by atoms with Gasteiger partial charge in [-0.3, -0.25) is 4.79 Å². The van der Waals surface area contributed by atoms with Crippen molar-refractivity contribution in [3.05, 3.63) is 59.7 Å². The maximum atomic E-state index is 13.0. The molecule has 0 saturated heterocycles. The summed E-state index contributed by atoms with van der Waals surface area (Å²) in [6.07, 6.45) is -3.33. The minimum Gasteiger partial charge on any atom is -0.497 e. The molecular weight excluding hydrogens is 347 g/mol. The minimum atomic E-state index is -4.55. The van der Waals surface area contributed by atoms with Crippen molar-refractivity contribution in [3.63, 3.8) is 0 Å². The topological polar surface area (TPSA) is 47.6 Å². The number of benzene rings is 2. The third-order valence-electron chi connectivity index (χ3n) is 3.67. The Morgan fingerprint density at radius 3 is 2.38 bits per heavy atom. The van der Waals surface area contributed by atoms with Crippen LogP contribution in [0.3, 0.4) is 0 Å². The van der Waals surface area contributed by atoms with Gasteiger partial charge >= 0.3 is 6.18 Å². The Morgan fingerprint density at radius 1 is 1.08 bits per heavy atom. The fourth-order valence-electron chi connectivity index (χ4n) is 2.41. The average molecular weight is 365 g/mol. The van der Waals surface area contributed by atoms with E-state index in [9.17, 15) is 18.0 Å². The Morgan fingerprint density at radius 2 is 1.77 bits per heavy atom. The van der Waals surface area contributed by atoms with Gasteiger partial charge in [-0.2, -0.15) is 13.2 Å². The highest BCUT2D eigenvalue weighted by Crippen LogP contribution is 2.35. The van der Waals surface area contributed by atoms with Crippen LogP contribution in [0.25, 0.3) is 5.57 Å². The van der Waals surface area contributed by atoms with E-state index in [1.807, 2.05) is 0 Å². The Hall–Kier alpha value is -2.96. The van der Waals surface area contributed by atoms with Crippen LogP contribution in [0, 0.1) is 0 Å². The lowest BCUT2D eigenvalue weighted by atomic mass is 10.1. The molecule has 0 aliphatic carbocycles. The number of allylic oxidation sites excluding steroid dienone is 1. The summed E-state index contributed by atoms with van der Waals surface area (Å²) in [5.41, 5.74) is -0.0313. The molecule has 2 aromatic carbocycles. The van der Waals surface area contributed by atoms with Crippen molar-refractivity contribution in [2.45, 2.75) is 13.1 Å². The number of methoxy groups -OCH3 is 2. The van der Waals surface area contributed by atoms with Crippen LogP contribution in [0.5, 0.6) is 11.5 Å². The van der Waals surface area contributed by atoms with Crippen LogP contribution in [-0.4, -0.2) is 20.1 Å². The lowest BCUT2D eigenvalue weighted by molar-refractivity contribution is -0.136. The van der Waals surface area contributed by atoms with E-state index in [2.05, 4.69) is 5.32 Å². The third kappa shape index (κ3) is 4.56. The smallest absolute Gasteiger partial charge is 0.418 e. The molecule has 0 aromatic heterocycles. The Bertz CT molecular complexity index is 829. The van der Waals surface area contributed by atoms with Crippen molar-refractivity contribution < 1.29 is 27.4 Å². The van der Waals surface area contributed by atoms with Crippen molar-refractivity contribution in [3.8, 4) is 11.5 Å². The maximum Gasteiger partial charge on any atom is 0.418 e. The first-order valence-electron chi connectivity index (χ1n) is 7.64. The summed E-state index contributed by atoms with van der Waals surface area (Å²) in [5.74, 6) is 0.403. The number of carbonyl (C=O) groups is 1. The van der Waals surface area contributed by atoms with Crippen LogP contribution in [0.2, 0.25) is 0 Å². The van der Waals surface area contributed by atoms with Crippen LogP contribution >= 0.6 is 0 Å². The largest absolute Gasteiger partial charge is 0.497 e. The fourth-order valence-corrected chi connectivity index (χ4v) is 2.41. The van der Waals surface area contributed by atoms with Gasteiger partial charge in [0.1, 0.15) is 11.5 Å². The number of ether oxygens (including phenoxy) is 2.